The smallest absolute Gasteiger partial charge is 0.504 e. The average molecular weight is 2190 g/mol. The molecule has 13 nitrogen and oxygen atoms in total. The molecule has 136 heavy (non-hydrogen) atoms. The van der Waals surface area contributed by atoms with Gasteiger partial charge in [0.15, 0.2) is 24.0 Å². The molecule has 0 bridgehead atoms. The highest BCUT2D eigenvalue weighted by atomic mass is 127. The van der Waals surface area contributed by atoms with Crippen molar-refractivity contribution in [2.75, 3.05) is 39.8 Å². The minimum atomic E-state index is -0.520. The maximum Gasteiger partial charge on any atom is 0.509 e. The van der Waals surface area contributed by atoms with E-state index in [1.54, 1.807) is 11.3 Å². The minimum absolute atomic E-state index is 0.0221. The topological polar surface area (TPSA) is 129 Å². The Morgan fingerprint density at radius 3 is 0.897 bits per heavy atom. The van der Waals surface area contributed by atoms with Gasteiger partial charge in [-0.1, -0.05) is 207 Å². The van der Waals surface area contributed by atoms with E-state index >= 15 is 0 Å². The van der Waals surface area contributed by atoms with Crippen molar-refractivity contribution in [1.29, 1.82) is 0 Å². The summed E-state index contributed by atoms with van der Waals surface area (Å²) >= 11 is 34.2. The molecular formula is C113H124BCl4I2N3O10S3. The van der Waals surface area contributed by atoms with Gasteiger partial charge in [-0.25, -0.2) is 0 Å². The van der Waals surface area contributed by atoms with Crippen LogP contribution in [0, 0.1) is 7.14 Å². The Balaban J connectivity index is 0.000000187. The molecule has 1 aliphatic heterocycles. The van der Waals surface area contributed by atoms with Crippen molar-refractivity contribution in [2.45, 2.75) is 229 Å². The van der Waals surface area contributed by atoms with Crippen LogP contribution in [0.3, 0.4) is 0 Å². The van der Waals surface area contributed by atoms with Crippen LogP contribution in [0.25, 0.3) is 103 Å². The lowest BCUT2D eigenvalue weighted by molar-refractivity contribution is 0.00578. The highest BCUT2D eigenvalue weighted by Gasteiger charge is 2.54. The van der Waals surface area contributed by atoms with E-state index in [-0.39, 0.29) is 50.8 Å². The predicted molar refractivity (Wildman–Crippen MR) is 594 cm³/mol. The van der Waals surface area contributed by atoms with Crippen molar-refractivity contribution in [3.63, 3.8) is 0 Å². The molecule has 2 N–H and O–H groups in total. The number of rotatable bonds is 24. The fraction of sp³-hybridized carbons (Fsp3) is 0.363. The van der Waals surface area contributed by atoms with E-state index in [0.717, 1.165) is 125 Å². The zero-order valence-corrected chi connectivity index (χ0v) is 92.0. The maximum atomic E-state index is 12.2. The zero-order valence-electron chi connectivity index (χ0n) is 82.2. The van der Waals surface area contributed by atoms with E-state index in [4.69, 9.17) is 84.1 Å². The standard InChI is InChI=1S/C64H66Cl2N2O4S2.C33H44BNO4S.C16H14Cl2I2O2/c1-61(2,3)37-15-23-49-45(29-37)46-30-38(62(4,5)6)16-24-50(46)67(49)53-35-73-59(57(53)69)43-21-19-41(65)33-55(43)71-27-13-14-28-72-56-34-42(66)20-22-44(56)60-58(70)54(36-74-60)68-51-25-17-39(63(7,8)9)31-47(51)48-32-40(64(10,11)12)18-26-52(48)68;1-12-36-20-37-28-27(19-40-29(28)34-38-32(8,9)33(10,11)39-34)35-25-15-13-21(30(2,3)4)17-23(25)24-18-22(31(5,6)7)14-16-26(24)35;17-11-3-5-13(19)15(9-11)21-7-1-2-8-22-16-10-12(18)4-6-14(16)20/h15-26,29-36,69-70H,13-14,27-28H2,1-12H3;13-19H,12,20H2,1-11H3;3-6,9-10H,1-2,7-8H2. The first-order chi connectivity index (χ1) is 64.0. The SMILES string of the molecule is CC(C)(C)c1ccc2c(c1)c1cc(C(C)(C)C)ccc1n2-c1csc(-c2ccc(Cl)cc2OCCCCOc2cc(Cl)ccc2-c2scc(-n3c4ccc(C(C)(C)C)cc4c4cc(C(C)(C)C)ccc43)c2O)c1O.CCOCOc1c(-n2c3ccc(C(C)(C)C)cc3c3cc(C(C)(C)C)ccc32)csc1B1OC(C)(C)C(C)(C)O1.Clc1ccc(I)c(OCCCCOc2cc(Cl)ccc2I)c1. The van der Waals surface area contributed by atoms with Crippen LogP contribution in [0.2, 0.25) is 20.1 Å². The van der Waals surface area contributed by atoms with Crippen molar-refractivity contribution in [3.8, 4) is 78.2 Å². The fourth-order valence-corrected chi connectivity index (χ4v) is 21.4. The Morgan fingerprint density at radius 2 is 0.610 bits per heavy atom. The highest BCUT2D eigenvalue weighted by Crippen LogP contribution is 2.52. The van der Waals surface area contributed by atoms with Gasteiger partial charge < -0.3 is 61.6 Å². The number of aromatic nitrogens is 3. The molecule has 0 unspecified atom stereocenters. The van der Waals surface area contributed by atoms with Crippen molar-refractivity contribution in [2.24, 2.45) is 0 Å². The molecule has 0 aliphatic carbocycles. The van der Waals surface area contributed by atoms with E-state index in [1.165, 1.54) is 66.8 Å². The molecule has 1 saturated heterocycles. The third-order valence-corrected chi connectivity index (χ3v) is 31.4. The number of benzene rings is 10. The molecule has 6 aromatic heterocycles. The summed E-state index contributed by atoms with van der Waals surface area (Å²) in [4.78, 5) is 1.41. The van der Waals surface area contributed by atoms with Crippen LogP contribution in [-0.2, 0) is 46.5 Å². The summed E-state index contributed by atoms with van der Waals surface area (Å²) in [6.45, 7) is 53.6. The lowest BCUT2D eigenvalue weighted by atomic mass is 9.85. The van der Waals surface area contributed by atoms with Crippen LogP contribution < -0.4 is 28.5 Å². The minimum Gasteiger partial charge on any atom is -0.504 e. The first-order valence-electron chi connectivity index (χ1n) is 46.6. The van der Waals surface area contributed by atoms with Gasteiger partial charge in [0.05, 0.1) is 109 Å². The molecule has 17 rings (SSSR count). The summed E-state index contributed by atoms with van der Waals surface area (Å²) in [7, 11) is -0.520. The van der Waals surface area contributed by atoms with Crippen LogP contribution in [0.1, 0.15) is 218 Å². The second-order valence-electron chi connectivity index (χ2n) is 42.4. The van der Waals surface area contributed by atoms with E-state index in [9.17, 15) is 10.2 Å². The Kier molecular flexibility index (Phi) is 30.4. The lowest BCUT2D eigenvalue weighted by Crippen LogP contribution is -2.41. The van der Waals surface area contributed by atoms with Crippen LogP contribution in [0.5, 0.6) is 40.2 Å². The molecule has 1 aliphatic rings. The quantitative estimate of drug-likeness (QED) is 0.0261. The third-order valence-electron chi connectivity index (χ3n) is 25.7. The van der Waals surface area contributed by atoms with E-state index in [2.05, 4.69) is 326 Å². The van der Waals surface area contributed by atoms with Crippen LogP contribution in [0.4, 0.5) is 0 Å². The van der Waals surface area contributed by atoms with Gasteiger partial charge in [-0.3, -0.25) is 0 Å². The van der Waals surface area contributed by atoms with Gasteiger partial charge in [0.2, 0.25) is 0 Å². The Labute approximate surface area is 861 Å². The summed E-state index contributed by atoms with van der Waals surface area (Å²) in [5.41, 5.74) is 17.2. The van der Waals surface area contributed by atoms with Crippen LogP contribution in [0.15, 0.2) is 198 Å². The number of thiophene rings is 3. The molecular weight excluding hydrogens is 2060 g/mol. The summed E-state index contributed by atoms with van der Waals surface area (Å²) in [6.07, 6.45) is 3.21. The van der Waals surface area contributed by atoms with Crippen molar-refractivity contribution in [1.82, 2.24) is 13.7 Å². The number of hydrogen-bond donors (Lipinski definition) is 2. The number of halogens is 6. The molecule has 7 heterocycles. The molecule has 1 fully saturated rings. The molecule has 16 aromatic rings. The van der Waals surface area contributed by atoms with Gasteiger partial charge in [-0.05, 0) is 317 Å². The number of nitrogens with zero attached hydrogens (tertiary/aromatic N) is 3. The van der Waals surface area contributed by atoms with Crippen LogP contribution >= 0.6 is 126 Å². The second-order valence-corrected chi connectivity index (χ2v) is 49.1. The predicted octanol–water partition coefficient (Wildman–Crippen LogP) is 34.0. The first-order valence-corrected chi connectivity index (χ1v) is 52.9. The van der Waals surface area contributed by atoms with Crippen molar-refractivity contribution < 1.29 is 47.9 Å². The van der Waals surface area contributed by atoms with E-state index in [0.29, 0.717) is 87.2 Å². The molecule has 0 saturated carbocycles. The Bertz CT molecular complexity index is 6590. The van der Waals surface area contributed by atoms with Gasteiger partial charge in [-0.2, -0.15) is 0 Å². The number of unbranched alkanes of at least 4 members (excludes halogenated alkanes) is 2. The highest BCUT2D eigenvalue weighted by molar-refractivity contribution is 14.1. The van der Waals surface area contributed by atoms with Gasteiger partial charge in [0.1, 0.15) is 23.0 Å². The third kappa shape index (κ3) is 22.0. The van der Waals surface area contributed by atoms with Crippen molar-refractivity contribution in [3.05, 3.63) is 259 Å². The molecule has 0 atom stereocenters. The fourth-order valence-electron chi connectivity index (χ4n) is 16.9. The van der Waals surface area contributed by atoms with Gasteiger partial charge in [0.25, 0.3) is 0 Å². The van der Waals surface area contributed by atoms with E-state index in [1.807, 2.05) is 90.5 Å². The summed E-state index contributed by atoms with van der Waals surface area (Å²) in [5.74, 6) is 3.99. The molecule has 0 amide bonds. The maximum absolute atomic E-state index is 12.2. The van der Waals surface area contributed by atoms with Gasteiger partial charge in [0, 0.05) is 86.3 Å². The van der Waals surface area contributed by atoms with Crippen LogP contribution in [-0.4, -0.2) is 82.1 Å². The number of ether oxygens (including phenoxy) is 6. The average Bonchev–Trinajstić information content (AvgIpc) is 1.58. The zero-order chi connectivity index (χ0) is 98.0. The number of fused-ring (bicyclic) bond motifs is 9. The molecule has 714 valence electrons. The molecule has 0 radical (unpaired) electrons. The summed E-state index contributed by atoms with van der Waals surface area (Å²) < 4.78 is 59.2. The second kappa shape index (κ2) is 40.5. The number of aromatic hydroxyl groups is 2. The normalized spacial score (nSPS) is 13.8. The van der Waals surface area contributed by atoms with Crippen molar-refractivity contribution >= 4 is 203 Å². The van der Waals surface area contributed by atoms with Gasteiger partial charge in [-0.15, -0.1) is 34.0 Å². The Hall–Kier alpha value is -8.14. The summed E-state index contributed by atoms with van der Waals surface area (Å²) in [6, 6.07) is 63.1. The summed E-state index contributed by atoms with van der Waals surface area (Å²) in [5, 5.41) is 40.2. The molecule has 10 aromatic carbocycles. The number of hydrogen-bond acceptors (Lipinski definition) is 13. The lowest BCUT2D eigenvalue weighted by Gasteiger charge is -2.32. The molecule has 23 heteroatoms. The largest absolute Gasteiger partial charge is 0.509 e. The molecule has 0 spiro atoms. The Morgan fingerprint density at radius 1 is 0.346 bits per heavy atom. The monoisotopic (exact) mass is 2180 g/mol. The van der Waals surface area contributed by atoms with E-state index < -0.39 is 18.3 Å². The van der Waals surface area contributed by atoms with Gasteiger partial charge >= 0.3 is 7.12 Å². The first kappa shape index (κ1) is 102.